The van der Waals surface area contributed by atoms with Crippen LogP contribution in [0.1, 0.15) is 0 Å². The highest BCUT2D eigenvalue weighted by atomic mass is 19.2. The Balaban J connectivity index is 1.45. The topological polar surface area (TPSA) is 57.2 Å². The molecule has 2 aromatic heterocycles. The second-order valence-corrected chi connectivity index (χ2v) is 6.25. The lowest BCUT2D eigenvalue weighted by Crippen LogP contribution is -2.47. The summed E-state index contributed by atoms with van der Waals surface area (Å²) in [6.45, 7) is 2.91. The van der Waals surface area contributed by atoms with Crippen molar-refractivity contribution in [3.63, 3.8) is 0 Å². The van der Waals surface area contributed by atoms with E-state index in [-0.39, 0.29) is 5.69 Å². The molecule has 1 aliphatic heterocycles. The van der Waals surface area contributed by atoms with Crippen molar-refractivity contribution in [3.8, 4) is 0 Å². The molecule has 0 radical (unpaired) electrons. The van der Waals surface area contributed by atoms with E-state index < -0.39 is 17.5 Å². The van der Waals surface area contributed by atoms with Crippen LogP contribution in [0, 0.1) is 17.5 Å². The maximum atomic E-state index is 13.9. The van der Waals surface area contributed by atoms with Crippen LogP contribution < -0.4 is 15.1 Å². The second kappa shape index (κ2) is 7.71. The maximum absolute atomic E-state index is 13.9. The zero-order chi connectivity index (χ0) is 19.5. The molecule has 144 valence electrons. The Hall–Kier alpha value is -3.36. The number of hydrogen-bond donors (Lipinski definition) is 1. The van der Waals surface area contributed by atoms with Gasteiger partial charge in [-0.25, -0.2) is 23.1 Å². The maximum Gasteiger partial charge on any atom is 0.227 e. The molecule has 0 atom stereocenters. The van der Waals surface area contributed by atoms with E-state index in [9.17, 15) is 13.2 Å². The fourth-order valence-corrected chi connectivity index (χ4v) is 3.01. The van der Waals surface area contributed by atoms with Crippen LogP contribution in [0.2, 0.25) is 0 Å². The quantitative estimate of drug-likeness (QED) is 0.694. The van der Waals surface area contributed by atoms with Crippen LogP contribution in [0.4, 0.5) is 36.4 Å². The molecule has 1 saturated heterocycles. The Morgan fingerprint density at radius 2 is 1.57 bits per heavy atom. The van der Waals surface area contributed by atoms with Crippen molar-refractivity contribution in [3.05, 3.63) is 66.2 Å². The number of hydrogen-bond acceptors (Lipinski definition) is 6. The highest BCUT2D eigenvalue weighted by Crippen LogP contribution is 2.24. The molecule has 0 amide bonds. The third-order valence-corrected chi connectivity index (χ3v) is 4.48. The van der Waals surface area contributed by atoms with Gasteiger partial charge in [-0.1, -0.05) is 6.07 Å². The summed E-state index contributed by atoms with van der Waals surface area (Å²) in [5, 5.41) is 2.67. The Bertz CT molecular complexity index is 961. The number of halogens is 3. The van der Waals surface area contributed by atoms with Gasteiger partial charge in [-0.15, -0.1) is 0 Å². The van der Waals surface area contributed by atoms with E-state index >= 15 is 0 Å². The lowest BCUT2D eigenvalue weighted by Gasteiger charge is -2.35. The zero-order valence-corrected chi connectivity index (χ0v) is 14.8. The average molecular weight is 386 g/mol. The van der Waals surface area contributed by atoms with E-state index in [1.165, 1.54) is 12.3 Å². The third kappa shape index (κ3) is 3.68. The van der Waals surface area contributed by atoms with Crippen molar-refractivity contribution in [2.45, 2.75) is 0 Å². The number of aromatic nitrogens is 3. The molecule has 0 bridgehead atoms. The molecule has 9 heteroatoms. The van der Waals surface area contributed by atoms with Gasteiger partial charge in [0.1, 0.15) is 11.6 Å². The molecule has 0 aliphatic carbocycles. The molecule has 1 N–H and O–H groups in total. The largest absolute Gasteiger partial charge is 0.353 e. The van der Waals surface area contributed by atoms with E-state index in [0.29, 0.717) is 24.9 Å². The van der Waals surface area contributed by atoms with Crippen LogP contribution in [0.25, 0.3) is 0 Å². The molecule has 0 saturated carbocycles. The van der Waals surface area contributed by atoms with Gasteiger partial charge in [0, 0.05) is 38.6 Å². The van der Waals surface area contributed by atoms with Crippen molar-refractivity contribution in [1.82, 2.24) is 15.0 Å². The monoisotopic (exact) mass is 386 g/mol. The number of anilines is 4. The molecule has 6 nitrogen and oxygen atoms in total. The summed E-state index contributed by atoms with van der Waals surface area (Å²) in [5.74, 6) is -2.35. The number of piperazine rings is 1. The number of nitrogens with zero attached hydrogens (tertiary/aromatic N) is 5. The molecule has 1 aromatic carbocycles. The molecule has 1 fully saturated rings. The Labute approximate surface area is 159 Å². The summed E-state index contributed by atoms with van der Waals surface area (Å²) in [6, 6.07) is 9.31. The predicted octanol–water partition coefficient (Wildman–Crippen LogP) is 3.36. The molecular formula is C19H17F3N6. The molecule has 4 rings (SSSR count). The summed E-state index contributed by atoms with van der Waals surface area (Å²) < 4.78 is 40.3. The fraction of sp³-hybridized carbons (Fsp3) is 0.211. The summed E-state index contributed by atoms with van der Waals surface area (Å²) in [6.07, 6.45) is 3.30. The van der Waals surface area contributed by atoms with Gasteiger partial charge in [-0.2, -0.15) is 4.98 Å². The smallest absolute Gasteiger partial charge is 0.227 e. The first-order valence-corrected chi connectivity index (χ1v) is 8.76. The first kappa shape index (κ1) is 18.0. The van der Waals surface area contributed by atoms with Crippen LogP contribution in [-0.2, 0) is 0 Å². The van der Waals surface area contributed by atoms with Crippen LogP contribution in [-0.4, -0.2) is 41.1 Å². The van der Waals surface area contributed by atoms with Crippen LogP contribution in [0.5, 0.6) is 0 Å². The van der Waals surface area contributed by atoms with Gasteiger partial charge < -0.3 is 15.1 Å². The number of benzene rings is 1. The zero-order valence-electron chi connectivity index (χ0n) is 14.8. The molecule has 28 heavy (non-hydrogen) atoms. The van der Waals surface area contributed by atoms with E-state index in [2.05, 4.69) is 25.2 Å². The van der Waals surface area contributed by atoms with Crippen molar-refractivity contribution < 1.29 is 13.2 Å². The highest BCUT2D eigenvalue weighted by Gasteiger charge is 2.20. The summed E-state index contributed by atoms with van der Waals surface area (Å²) in [7, 11) is 0. The van der Waals surface area contributed by atoms with E-state index in [4.69, 9.17) is 0 Å². The minimum absolute atomic E-state index is 0.191. The van der Waals surface area contributed by atoms with E-state index in [1.807, 2.05) is 23.1 Å². The van der Waals surface area contributed by atoms with Gasteiger partial charge in [0.2, 0.25) is 5.95 Å². The Morgan fingerprint density at radius 3 is 2.32 bits per heavy atom. The number of rotatable bonds is 4. The van der Waals surface area contributed by atoms with Crippen molar-refractivity contribution >= 4 is 23.3 Å². The number of pyridine rings is 1. The van der Waals surface area contributed by atoms with Gasteiger partial charge in [-0.05, 0) is 30.3 Å². The van der Waals surface area contributed by atoms with Crippen LogP contribution >= 0.6 is 0 Å². The SMILES string of the molecule is Fc1ccc(Nc2ccnc(N3CCN(c4ccccn4)CC3)n2)c(F)c1F. The lowest BCUT2D eigenvalue weighted by molar-refractivity contribution is 0.449. The van der Waals surface area contributed by atoms with Crippen molar-refractivity contribution in [2.75, 3.05) is 41.3 Å². The first-order chi connectivity index (χ1) is 13.6. The van der Waals surface area contributed by atoms with E-state index in [0.717, 1.165) is 31.0 Å². The normalized spacial score (nSPS) is 14.2. The molecule has 0 spiro atoms. The summed E-state index contributed by atoms with van der Waals surface area (Å²) >= 11 is 0. The summed E-state index contributed by atoms with van der Waals surface area (Å²) in [5.41, 5.74) is -0.191. The van der Waals surface area contributed by atoms with Gasteiger partial charge in [0.25, 0.3) is 0 Å². The lowest BCUT2D eigenvalue weighted by atomic mass is 10.3. The predicted molar refractivity (Wildman–Crippen MR) is 100 cm³/mol. The molecular weight excluding hydrogens is 369 g/mol. The third-order valence-electron chi connectivity index (χ3n) is 4.48. The minimum Gasteiger partial charge on any atom is -0.353 e. The Kier molecular flexibility index (Phi) is 4.96. The van der Waals surface area contributed by atoms with E-state index in [1.54, 1.807) is 6.20 Å². The second-order valence-electron chi connectivity index (χ2n) is 6.25. The van der Waals surface area contributed by atoms with Crippen LogP contribution in [0.3, 0.4) is 0 Å². The van der Waals surface area contributed by atoms with Crippen LogP contribution in [0.15, 0.2) is 48.8 Å². The first-order valence-electron chi connectivity index (χ1n) is 8.76. The standard InChI is InChI=1S/C19H17F3N6/c20-13-4-5-14(18(22)17(13)21)25-15-6-8-24-19(26-15)28-11-9-27(10-12-28)16-3-1-2-7-23-16/h1-8H,9-12H2,(H,24,25,26). The van der Waals surface area contributed by atoms with Gasteiger partial charge in [0.15, 0.2) is 17.5 Å². The fourth-order valence-electron chi connectivity index (χ4n) is 3.01. The van der Waals surface area contributed by atoms with Crippen molar-refractivity contribution in [2.24, 2.45) is 0 Å². The van der Waals surface area contributed by atoms with Gasteiger partial charge in [0.05, 0.1) is 5.69 Å². The number of nitrogens with one attached hydrogen (secondary N) is 1. The molecule has 3 heterocycles. The molecule has 0 unspecified atom stereocenters. The van der Waals surface area contributed by atoms with Gasteiger partial charge in [-0.3, -0.25) is 0 Å². The Morgan fingerprint density at radius 1 is 0.786 bits per heavy atom. The highest BCUT2D eigenvalue weighted by molar-refractivity contribution is 5.58. The summed E-state index contributed by atoms with van der Waals surface area (Å²) in [4.78, 5) is 17.2. The van der Waals surface area contributed by atoms with Gasteiger partial charge >= 0.3 is 0 Å². The molecule has 3 aromatic rings. The van der Waals surface area contributed by atoms with Crippen molar-refractivity contribution in [1.29, 1.82) is 0 Å². The molecule has 1 aliphatic rings. The minimum atomic E-state index is -1.52. The average Bonchev–Trinajstić information content (AvgIpc) is 2.75.